The second kappa shape index (κ2) is 5.65. The highest BCUT2D eigenvalue weighted by Gasteiger charge is 2.18. The first-order chi connectivity index (χ1) is 11.3. The Kier molecular flexibility index (Phi) is 3.64. The van der Waals surface area contributed by atoms with Crippen LogP contribution in [-0.4, -0.2) is 16.9 Å². The maximum absolute atomic E-state index is 13.4. The molecule has 0 aliphatic rings. The number of anilines is 1. The number of amides is 3. The number of rotatable bonds is 3. The maximum atomic E-state index is 13.4. The summed E-state index contributed by atoms with van der Waals surface area (Å²) in [7, 11) is 0. The van der Waals surface area contributed by atoms with Crippen molar-refractivity contribution in [3.05, 3.63) is 53.6 Å². The van der Waals surface area contributed by atoms with Crippen LogP contribution in [0.3, 0.4) is 0 Å². The lowest BCUT2D eigenvalue weighted by Crippen LogP contribution is -2.22. The zero-order valence-corrected chi connectivity index (χ0v) is 12.2. The molecule has 6 nitrogen and oxygen atoms in total. The first kappa shape index (κ1) is 15.5. The van der Waals surface area contributed by atoms with E-state index in [-0.39, 0.29) is 11.4 Å². The summed E-state index contributed by atoms with van der Waals surface area (Å²) in [6, 6.07) is 7.02. The highest BCUT2D eigenvalue weighted by molar-refractivity contribution is 6.13. The van der Waals surface area contributed by atoms with Crippen molar-refractivity contribution in [3.63, 3.8) is 0 Å². The highest BCUT2D eigenvalue weighted by atomic mass is 19.1. The summed E-state index contributed by atoms with van der Waals surface area (Å²) in [5.74, 6) is -2.10. The fourth-order valence-electron chi connectivity index (χ4n) is 2.57. The van der Waals surface area contributed by atoms with Gasteiger partial charge in [0.2, 0.25) is 0 Å². The van der Waals surface area contributed by atoms with Gasteiger partial charge in [0.25, 0.3) is 5.91 Å². The number of hydrogen-bond donors (Lipinski definition) is 4. The van der Waals surface area contributed by atoms with E-state index in [0.717, 1.165) is 6.07 Å². The molecule has 1 aromatic heterocycles. The lowest BCUT2D eigenvalue weighted by Gasteiger charge is -2.03. The first-order valence-electron chi connectivity index (χ1n) is 6.83. The molecule has 8 heteroatoms. The van der Waals surface area contributed by atoms with Gasteiger partial charge in [-0.3, -0.25) is 10.1 Å². The summed E-state index contributed by atoms with van der Waals surface area (Å²) in [6.07, 6.45) is 0. The van der Waals surface area contributed by atoms with Gasteiger partial charge in [0.1, 0.15) is 17.5 Å². The van der Waals surface area contributed by atoms with Crippen LogP contribution in [0.5, 0.6) is 0 Å². The Hall–Kier alpha value is -3.42. The van der Waals surface area contributed by atoms with Gasteiger partial charge < -0.3 is 16.5 Å². The summed E-state index contributed by atoms with van der Waals surface area (Å²) in [5, 5.41) is 2.73. The van der Waals surface area contributed by atoms with Crippen LogP contribution in [0.15, 0.2) is 36.4 Å². The van der Waals surface area contributed by atoms with Crippen molar-refractivity contribution >= 4 is 28.7 Å². The summed E-state index contributed by atoms with van der Waals surface area (Å²) in [4.78, 5) is 25.5. The lowest BCUT2D eigenvalue weighted by molar-refractivity contribution is 0.100. The first-order valence-corrected chi connectivity index (χ1v) is 6.83. The van der Waals surface area contributed by atoms with Crippen LogP contribution in [-0.2, 0) is 0 Å². The second-order valence-electron chi connectivity index (χ2n) is 5.15. The molecule has 0 fully saturated rings. The molecule has 1 heterocycles. The number of aromatic nitrogens is 1. The molecule has 0 atom stereocenters. The van der Waals surface area contributed by atoms with Crippen LogP contribution in [0.1, 0.15) is 10.4 Å². The molecule has 0 bridgehead atoms. The molecule has 0 unspecified atom stereocenters. The fourth-order valence-corrected chi connectivity index (χ4v) is 2.57. The number of halogens is 2. The Morgan fingerprint density at radius 3 is 2.21 bits per heavy atom. The maximum Gasteiger partial charge on any atom is 0.317 e. The van der Waals surface area contributed by atoms with Gasteiger partial charge >= 0.3 is 6.03 Å². The molecule has 122 valence electrons. The molecule has 2 aromatic carbocycles. The average molecular weight is 330 g/mol. The minimum Gasteiger partial charge on any atom is -0.365 e. The van der Waals surface area contributed by atoms with E-state index in [9.17, 15) is 18.4 Å². The summed E-state index contributed by atoms with van der Waals surface area (Å²) in [5.41, 5.74) is 11.8. The van der Waals surface area contributed by atoms with E-state index in [4.69, 9.17) is 11.5 Å². The lowest BCUT2D eigenvalue weighted by atomic mass is 10.0. The van der Waals surface area contributed by atoms with E-state index in [2.05, 4.69) is 10.3 Å². The SMILES string of the molecule is NC(=O)Nc1[nH]c2cc(-c3cc(F)cc(F)c3)ccc2c1C(N)=O. The quantitative estimate of drug-likeness (QED) is 0.591. The van der Waals surface area contributed by atoms with Gasteiger partial charge in [0.15, 0.2) is 0 Å². The molecule has 3 rings (SSSR count). The van der Waals surface area contributed by atoms with Gasteiger partial charge in [-0.05, 0) is 29.3 Å². The zero-order chi connectivity index (χ0) is 17.4. The van der Waals surface area contributed by atoms with E-state index < -0.39 is 23.6 Å². The van der Waals surface area contributed by atoms with Crippen LogP contribution in [0.2, 0.25) is 0 Å². The van der Waals surface area contributed by atoms with Crippen molar-refractivity contribution in [1.82, 2.24) is 4.98 Å². The van der Waals surface area contributed by atoms with Crippen molar-refractivity contribution in [2.45, 2.75) is 0 Å². The monoisotopic (exact) mass is 330 g/mol. The number of fused-ring (bicyclic) bond motifs is 1. The van der Waals surface area contributed by atoms with E-state index in [1.54, 1.807) is 18.2 Å². The summed E-state index contributed by atoms with van der Waals surface area (Å²) in [6.45, 7) is 0. The van der Waals surface area contributed by atoms with Crippen molar-refractivity contribution in [2.75, 3.05) is 5.32 Å². The fraction of sp³-hybridized carbons (Fsp3) is 0. The Labute approximate surface area is 134 Å². The molecular formula is C16H12F2N4O2. The topological polar surface area (TPSA) is 114 Å². The molecule has 0 aliphatic heterocycles. The van der Waals surface area contributed by atoms with Crippen LogP contribution in [0, 0.1) is 11.6 Å². The van der Waals surface area contributed by atoms with Crippen molar-refractivity contribution in [3.8, 4) is 11.1 Å². The number of nitrogens with one attached hydrogen (secondary N) is 2. The predicted octanol–water partition coefficient (Wildman–Crippen LogP) is 2.70. The normalized spacial score (nSPS) is 10.8. The minimum absolute atomic E-state index is 0.0626. The number of carbonyl (C=O) groups is 2. The number of carbonyl (C=O) groups excluding carboxylic acids is 2. The summed E-state index contributed by atoms with van der Waals surface area (Å²) >= 11 is 0. The van der Waals surface area contributed by atoms with Gasteiger partial charge in [0, 0.05) is 17.0 Å². The van der Waals surface area contributed by atoms with E-state index >= 15 is 0 Å². The molecule has 0 saturated heterocycles. The molecule has 0 aliphatic carbocycles. The number of nitrogens with two attached hydrogens (primary N) is 2. The number of aromatic amines is 1. The molecule has 0 radical (unpaired) electrons. The second-order valence-corrected chi connectivity index (χ2v) is 5.15. The third kappa shape index (κ3) is 2.76. The highest BCUT2D eigenvalue weighted by Crippen LogP contribution is 2.30. The van der Waals surface area contributed by atoms with Crippen LogP contribution in [0.25, 0.3) is 22.0 Å². The van der Waals surface area contributed by atoms with Crippen LogP contribution < -0.4 is 16.8 Å². The average Bonchev–Trinajstić information content (AvgIpc) is 2.82. The van der Waals surface area contributed by atoms with Crippen molar-refractivity contribution in [1.29, 1.82) is 0 Å². The Balaban J connectivity index is 2.18. The van der Waals surface area contributed by atoms with Gasteiger partial charge in [0.05, 0.1) is 5.56 Å². The van der Waals surface area contributed by atoms with Crippen molar-refractivity contribution in [2.24, 2.45) is 11.5 Å². The molecular weight excluding hydrogens is 318 g/mol. The number of benzene rings is 2. The van der Waals surface area contributed by atoms with Crippen molar-refractivity contribution < 1.29 is 18.4 Å². The number of H-pyrrole nitrogens is 1. The predicted molar refractivity (Wildman–Crippen MR) is 85.4 cm³/mol. The molecule has 24 heavy (non-hydrogen) atoms. The molecule has 3 aromatic rings. The molecule has 0 spiro atoms. The molecule has 6 N–H and O–H groups in total. The Bertz CT molecular complexity index is 961. The molecule has 3 amide bonds. The van der Waals surface area contributed by atoms with E-state index in [0.29, 0.717) is 22.0 Å². The van der Waals surface area contributed by atoms with E-state index in [1.807, 2.05) is 0 Å². The minimum atomic E-state index is -0.864. The Morgan fingerprint density at radius 2 is 1.62 bits per heavy atom. The van der Waals surface area contributed by atoms with Crippen LogP contribution >= 0.6 is 0 Å². The summed E-state index contributed by atoms with van der Waals surface area (Å²) < 4.78 is 26.7. The third-order valence-electron chi connectivity index (χ3n) is 3.49. The number of urea groups is 1. The zero-order valence-electron chi connectivity index (χ0n) is 12.2. The van der Waals surface area contributed by atoms with Gasteiger partial charge in [-0.1, -0.05) is 12.1 Å². The van der Waals surface area contributed by atoms with Gasteiger partial charge in [-0.25, -0.2) is 13.6 Å². The van der Waals surface area contributed by atoms with Crippen LogP contribution in [0.4, 0.5) is 19.4 Å². The third-order valence-corrected chi connectivity index (χ3v) is 3.49. The Morgan fingerprint density at radius 1 is 0.958 bits per heavy atom. The van der Waals surface area contributed by atoms with Gasteiger partial charge in [-0.2, -0.15) is 0 Å². The number of primary amides is 2. The van der Waals surface area contributed by atoms with E-state index in [1.165, 1.54) is 12.1 Å². The standard InChI is InChI=1S/C16H12F2N4O2/c17-9-3-8(4-10(18)6-9)7-1-2-11-12(5-7)21-15(22-16(20)24)13(11)14(19)23/h1-6,21H,(H2,19,23)(H3,20,22,24). The van der Waals surface area contributed by atoms with Gasteiger partial charge in [-0.15, -0.1) is 0 Å². The smallest absolute Gasteiger partial charge is 0.317 e. The molecule has 0 saturated carbocycles. The number of hydrogen-bond acceptors (Lipinski definition) is 2. The largest absolute Gasteiger partial charge is 0.365 e.